The molecule has 3 rings (SSSR count). The number of esters is 2. The van der Waals surface area contributed by atoms with Gasteiger partial charge in [0.2, 0.25) is 0 Å². The molecule has 5 nitrogen and oxygen atoms in total. The molecule has 220 valence electrons. The molecule has 0 amide bonds. The van der Waals surface area contributed by atoms with Gasteiger partial charge in [-0.1, -0.05) is 58.1 Å². The Labute approximate surface area is 237 Å². The summed E-state index contributed by atoms with van der Waals surface area (Å²) in [4.78, 5) is 24.4. The predicted molar refractivity (Wildman–Crippen MR) is 152 cm³/mol. The van der Waals surface area contributed by atoms with Gasteiger partial charge in [-0.05, 0) is 87.1 Å². The minimum absolute atomic E-state index is 0.133. The maximum atomic E-state index is 14.5. The number of benzene rings is 2. The number of hydrogen-bond donors (Lipinski definition) is 0. The van der Waals surface area contributed by atoms with E-state index in [1.54, 1.807) is 18.2 Å². The van der Waals surface area contributed by atoms with Crippen LogP contribution in [0.3, 0.4) is 0 Å². The lowest BCUT2D eigenvalue weighted by molar-refractivity contribution is -0.157. The maximum absolute atomic E-state index is 14.5. The largest absolute Gasteiger partial charge is 0.493 e. The zero-order valence-electron chi connectivity index (χ0n) is 24.0. The molecule has 0 aromatic heterocycles. The molecule has 1 atom stereocenters. The van der Waals surface area contributed by atoms with Gasteiger partial charge >= 0.3 is 11.9 Å². The number of carbonyl (C=O) groups is 2. The van der Waals surface area contributed by atoms with Crippen molar-refractivity contribution in [1.29, 1.82) is 0 Å². The number of unbranched alkanes of at least 4 members (excludes halogenated alkanes) is 4. The molecule has 0 bridgehead atoms. The van der Waals surface area contributed by atoms with Crippen LogP contribution in [-0.4, -0.2) is 30.8 Å². The molecule has 0 heterocycles. The standard InChI is InChI=1S/C33H44F2O5/c1-3-5-7-8-22-38-28-20-21-29(31(35)23-28)32(36)39-26-16-12-24(13-17-26)10-11-25-14-18-27(19-15-25)40-33(37)30(34)9-6-4-2/h12-13,16-17,20-21,23,25,27,30H,3-11,14-15,18-19,22H2,1-2H3/t25-,27-,30-/m0/s1. The average molecular weight is 559 g/mol. The van der Waals surface area contributed by atoms with E-state index in [0.29, 0.717) is 30.4 Å². The van der Waals surface area contributed by atoms with Crippen LogP contribution in [0.2, 0.25) is 0 Å². The summed E-state index contributed by atoms with van der Waals surface area (Å²) in [5, 5.41) is 0. The molecule has 2 aromatic rings. The highest BCUT2D eigenvalue weighted by atomic mass is 19.1. The molecule has 7 heteroatoms. The maximum Gasteiger partial charge on any atom is 0.346 e. The number of ether oxygens (including phenoxy) is 3. The van der Waals surface area contributed by atoms with Gasteiger partial charge in [0.15, 0.2) is 6.17 Å². The summed E-state index contributed by atoms with van der Waals surface area (Å²) in [5.74, 6) is -0.837. The van der Waals surface area contributed by atoms with Crippen LogP contribution in [-0.2, 0) is 16.0 Å². The monoisotopic (exact) mass is 558 g/mol. The van der Waals surface area contributed by atoms with Crippen LogP contribution < -0.4 is 9.47 Å². The number of halogens is 2. The summed E-state index contributed by atoms with van der Waals surface area (Å²) in [6, 6.07) is 11.5. The summed E-state index contributed by atoms with van der Waals surface area (Å²) >= 11 is 0. The van der Waals surface area contributed by atoms with Crippen molar-refractivity contribution in [3.8, 4) is 11.5 Å². The lowest BCUT2D eigenvalue weighted by Gasteiger charge is -2.28. The minimum atomic E-state index is -1.51. The Hall–Kier alpha value is -2.96. The normalized spacial score (nSPS) is 17.7. The molecule has 0 radical (unpaired) electrons. The van der Waals surface area contributed by atoms with Gasteiger partial charge in [-0.15, -0.1) is 0 Å². The van der Waals surface area contributed by atoms with Gasteiger partial charge in [0, 0.05) is 6.07 Å². The Bertz CT molecular complexity index is 1050. The minimum Gasteiger partial charge on any atom is -0.493 e. The molecular formula is C33H44F2O5. The van der Waals surface area contributed by atoms with Crippen molar-refractivity contribution in [3.63, 3.8) is 0 Å². The summed E-state index contributed by atoms with van der Waals surface area (Å²) in [6.45, 7) is 4.63. The van der Waals surface area contributed by atoms with Crippen molar-refractivity contribution in [1.82, 2.24) is 0 Å². The van der Waals surface area contributed by atoms with Crippen molar-refractivity contribution < 1.29 is 32.6 Å². The predicted octanol–water partition coefficient (Wildman–Crippen LogP) is 8.57. The average Bonchev–Trinajstić information content (AvgIpc) is 2.96. The summed E-state index contributed by atoms with van der Waals surface area (Å²) < 4.78 is 44.8. The fourth-order valence-corrected chi connectivity index (χ4v) is 5.00. The van der Waals surface area contributed by atoms with E-state index in [1.807, 2.05) is 19.1 Å². The van der Waals surface area contributed by atoms with Gasteiger partial charge in [-0.3, -0.25) is 0 Å². The topological polar surface area (TPSA) is 61.8 Å². The smallest absolute Gasteiger partial charge is 0.346 e. The van der Waals surface area contributed by atoms with Crippen molar-refractivity contribution in [2.24, 2.45) is 5.92 Å². The Morgan fingerprint density at radius 3 is 2.27 bits per heavy atom. The number of carbonyl (C=O) groups excluding carboxylic acids is 2. The Kier molecular flexibility index (Phi) is 13.4. The molecule has 0 saturated heterocycles. The van der Waals surface area contributed by atoms with E-state index >= 15 is 0 Å². The SMILES string of the molecule is CCCCCCOc1ccc(C(=O)Oc2ccc(CC[C@H]3CC[C@H](OC(=O)[C@@H](F)CCCC)CC3)cc2)c(F)c1. The molecule has 0 spiro atoms. The molecule has 1 saturated carbocycles. The Morgan fingerprint density at radius 2 is 1.60 bits per heavy atom. The highest BCUT2D eigenvalue weighted by Crippen LogP contribution is 2.30. The van der Waals surface area contributed by atoms with Crippen LogP contribution in [0.15, 0.2) is 42.5 Å². The molecule has 1 aliphatic carbocycles. The third kappa shape index (κ3) is 10.5. The zero-order chi connectivity index (χ0) is 28.7. The van der Waals surface area contributed by atoms with Crippen LogP contribution in [0.25, 0.3) is 0 Å². The van der Waals surface area contributed by atoms with Crippen LogP contribution in [0.5, 0.6) is 11.5 Å². The molecule has 0 aliphatic heterocycles. The highest BCUT2D eigenvalue weighted by molar-refractivity contribution is 5.91. The number of hydrogen-bond acceptors (Lipinski definition) is 5. The second-order valence-electron chi connectivity index (χ2n) is 10.8. The van der Waals surface area contributed by atoms with E-state index in [1.165, 1.54) is 12.1 Å². The third-order valence-electron chi connectivity index (χ3n) is 7.55. The van der Waals surface area contributed by atoms with Gasteiger partial charge in [-0.25, -0.2) is 18.4 Å². The summed E-state index contributed by atoms with van der Waals surface area (Å²) in [5.41, 5.74) is 0.989. The number of aryl methyl sites for hydroxylation is 1. The first kappa shape index (κ1) is 31.6. The van der Waals surface area contributed by atoms with Gasteiger partial charge in [-0.2, -0.15) is 0 Å². The van der Waals surface area contributed by atoms with Crippen molar-refractivity contribution in [3.05, 3.63) is 59.4 Å². The van der Waals surface area contributed by atoms with Crippen LogP contribution in [0.4, 0.5) is 8.78 Å². The molecule has 0 unspecified atom stereocenters. The summed E-state index contributed by atoms with van der Waals surface area (Å²) in [7, 11) is 0. The first-order valence-corrected chi connectivity index (χ1v) is 15.0. The van der Waals surface area contributed by atoms with E-state index in [0.717, 1.165) is 76.2 Å². The van der Waals surface area contributed by atoms with Crippen molar-refractivity contribution in [2.75, 3.05) is 6.61 Å². The molecule has 0 N–H and O–H groups in total. The quantitative estimate of drug-likeness (QED) is 0.117. The van der Waals surface area contributed by atoms with E-state index < -0.39 is 23.9 Å². The fourth-order valence-electron chi connectivity index (χ4n) is 5.00. The Morgan fingerprint density at radius 1 is 0.900 bits per heavy atom. The first-order valence-electron chi connectivity index (χ1n) is 15.0. The van der Waals surface area contributed by atoms with Crippen LogP contribution >= 0.6 is 0 Å². The van der Waals surface area contributed by atoms with Crippen molar-refractivity contribution in [2.45, 2.75) is 110 Å². The third-order valence-corrected chi connectivity index (χ3v) is 7.55. The number of alkyl halides is 1. The van der Waals surface area contributed by atoms with E-state index in [9.17, 15) is 18.4 Å². The van der Waals surface area contributed by atoms with Crippen LogP contribution in [0.1, 0.15) is 107 Å². The Balaban J connectivity index is 1.38. The zero-order valence-corrected chi connectivity index (χ0v) is 24.0. The first-order chi connectivity index (χ1) is 19.4. The highest BCUT2D eigenvalue weighted by Gasteiger charge is 2.27. The lowest BCUT2D eigenvalue weighted by atomic mass is 9.83. The van der Waals surface area contributed by atoms with E-state index in [2.05, 4.69) is 6.92 Å². The second kappa shape index (κ2) is 17.0. The summed E-state index contributed by atoms with van der Waals surface area (Å²) in [6.07, 6.45) is 9.69. The molecule has 1 fully saturated rings. The number of rotatable bonds is 16. The van der Waals surface area contributed by atoms with Gasteiger partial charge < -0.3 is 14.2 Å². The van der Waals surface area contributed by atoms with Gasteiger partial charge in [0.05, 0.1) is 12.2 Å². The molecule has 40 heavy (non-hydrogen) atoms. The molecular weight excluding hydrogens is 514 g/mol. The van der Waals surface area contributed by atoms with Gasteiger partial charge in [0.1, 0.15) is 23.4 Å². The van der Waals surface area contributed by atoms with E-state index in [-0.39, 0.29) is 18.1 Å². The van der Waals surface area contributed by atoms with Crippen LogP contribution in [0, 0.1) is 11.7 Å². The fraction of sp³-hybridized carbons (Fsp3) is 0.576. The van der Waals surface area contributed by atoms with Crippen molar-refractivity contribution >= 4 is 11.9 Å². The van der Waals surface area contributed by atoms with E-state index in [4.69, 9.17) is 14.2 Å². The molecule has 1 aliphatic rings. The lowest BCUT2D eigenvalue weighted by Crippen LogP contribution is -2.29. The second-order valence-corrected chi connectivity index (χ2v) is 10.8. The molecule has 2 aromatic carbocycles. The van der Waals surface area contributed by atoms with Gasteiger partial charge in [0.25, 0.3) is 0 Å².